The van der Waals surface area contributed by atoms with Gasteiger partial charge in [0.15, 0.2) is 0 Å². The topological polar surface area (TPSA) is 86.8 Å². The zero-order chi connectivity index (χ0) is 21.7. The third-order valence-corrected chi connectivity index (χ3v) is 6.33. The Labute approximate surface area is 181 Å². The Hall–Kier alpha value is -2.58. The van der Waals surface area contributed by atoms with E-state index in [1.807, 2.05) is 0 Å². The second-order valence-corrected chi connectivity index (χ2v) is 9.48. The number of halogens is 1. The Kier molecular flexibility index (Phi) is 6.99. The molecule has 2 aromatic carbocycles. The van der Waals surface area contributed by atoms with Crippen LogP contribution in [0.5, 0.6) is 0 Å². The number of carbonyl (C=O) groups is 2. The van der Waals surface area contributed by atoms with Crippen LogP contribution in [0.25, 0.3) is 0 Å². The lowest BCUT2D eigenvalue weighted by molar-refractivity contribution is -0.114. The number of para-hydroxylation sites is 2. The molecule has 1 fully saturated rings. The van der Waals surface area contributed by atoms with Crippen LogP contribution in [0.4, 0.5) is 11.4 Å². The van der Waals surface area contributed by atoms with E-state index in [2.05, 4.69) is 5.32 Å². The second-order valence-electron chi connectivity index (χ2n) is 7.17. The maximum absolute atomic E-state index is 12.9. The average Bonchev–Trinajstić information content (AvgIpc) is 2.72. The molecule has 0 unspecified atom stereocenters. The van der Waals surface area contributed by atoms with Crippen LogP contribution in [-0.4, -0.2) is 51.0 Å². The van der Waals surface area contributed by atoms with Crippen LogP contribution in [0.3, 0.4) is 0 Å². The summed E-state index contributed by atoms with van der Waals surface area (Å²) in [5.41, 5.74) is 0.955. The Morgan fingerprint density at radius 3 is 2.33 bits per heavy atom. The smallest absolute Gasteiger partial charge is 0.255 e. The quantitative estimate of drug-likeness (QED) is 0.732. The number of benzene rings is 2. The van der Waals surface area contributed by atoms with E-state index in [1.165, 1.54) is 6.07 Å². The zero-order valence-corrected chi connectivity index (χ0v) is 18.2. The average molecular weight is 450 g/mol. The van der Waals surface area contributed by atoms with Crippen molar-refractivity contribution in [2.24, 2.45) is 0 Å². The van der Waals surface area contributed by atoms with Gasteiger partial charge in [0.1, 0.15) is 6.54 Å². The fraction of sp³-hybridized carbons (Fsp3) is 0.333. The van der Waals surface area contributed by atoms with E-state index in [9.17, 15) is 18.0 Å². The molecule has 2 aromatic rings. The van der Waals surface area contributed by atoms with Gasteiger partial charge in [-0.1, -0.05) is 35.9 Å². The van der Waals surface area contributed by atoms with E-state index >= 15 is 0 Å². The summed E-state index contributed by atoms with van der Waals surface area (Å²) in [5.74, 6) is -0.712. The minimum Gasteiger partial charge on any atom is -0.339 e. The van der Waals surface area contributed by atoms with Crippen molar-refractivity contribution in [3.63, 3.8) is 0 Å². The molecule has 0 aliphatic carbocycles. The van der Waals surface area contributed by atoms with E-state index in [-0.39, 0.29) is 16.6 Å². The summed E-state index contributed by atoms with van der Waals surface area (Å²) in [4.78, 5) is 27.4. The maximum atomic E-state index is 12.9. The summed E-state index contributed by atoms with van der Waals surface area (Å²) in [6, 6.07) is 13.2. The molecule has 1 aliphatic rings. The highest BCUT2D eigenvalue weighted by atomic mass is 35.5. The van der Waals surface area contributed by atoms with E-state index in [1.54, 1.807) is 47.4 Å². The highest BCUT2D eigenvalue weighted by Gasteiger charge is 2.25. The van der Waals surface area contributed by atoms with Crippen LogP contribution < -0.4 is 9.62 Å². The predicted molar refractivity (Wildman–Crippen MR) is 118 cm³/mol. The third kappa shape index (κ3) is 5.31. The Morgan fingerprint density at radius 1 is 1.03 bits per heavy atom. The van der Waals surface area contributed by atoms with Crippen LogP contribution >= 0.6 is 11.6 Å². The highest BCUT2D eigenvalue weighted by Crippen LogP contribution is 2.27. The molecule has 2 amide bonds. The van der Waals surface area contributed by atoms with Gasteiger partial charge in [0.25, 0.3) is 5.91 Å². The number of sulfonamides is 1. The fourth-order valence-corrected chi connectivity index (χ4v) is 4.56. The molecule has 1 saturated heterocycles. The summed E-state index contributed by atoms with van der Waals surface area (Å²) < 4.78 is 25.5. The van der Waals surface area contributed by atoms with Crippen molar-refractivity contribution < 1.29 is 18.0 Å². The lowest BCUT2D eigenvalue weighted by atomic mass is 10.1. The summed E-state index contributed by atoms with van der Waals surface area (Å²) in [7, 11) is -3.76. The van der Waals surface area contributed by atoms with Crippen LogP contribution in [0.15, 0.2) is 48.5 Å². The number of anilines is 2. The molecular formula is C21H24ClN3O4S. The fourth-order valence-electron chi connectivity index (χ4n) is 3.40. The Balaban J connectivity index is 1.80. The number of nitrogens with one attached hydrogen (secondary N) is 1. The molecule has 1 heterocycles. The van der Waals surface area contributed by atoms with Crippen molar-refractivity contribution in [2.45, 2.75) is 19.3 Å². The number of carbonyl (C=O) groups excluding carboxylic acids is 2. The van der Waals surface area contributed by atoms with Crippen LogP contribution in [-0.2, 0) is 14.8 Å². The predicted octanol–water partition coefficient (Wildman–Crippen LogP) is 3.37. The third-order valence-electron chi connectivity index (χ3n) is 4.88. The lowest BCUT2D eigenvalue weighted by Crippen LogP contribution is -2.38. The van der Waals surface area contributed by atoms with E-state index in [0.29, 0.717) is 24.3 Å². The van der Waals surface area contributed by atoms with Crippen LogP contribution in [0.2, 0.25) is 5.02 Å². The number of rotatable bonds is 6. The molecule has 0 spiro atoms. The monoisotopic (exact) mass is 449 g/mol. The summed E-state index contributed by atoms with van der Waals surface area (Å²) in [5, 5.41) is 2.91. The summed E-state index contributed by atoms with van der Waals surface area (Å²) >= 11 is 6.13. The van der Waals surface area contributed by atoms with Crippen molar-refractivity contribution >= 4 is 44.8 Å². The SMILES string of the molecule is CS(=O)(=O)N(CC(=O)Nc1ccccc1C(=O)N1CCCCC1)c1ccccc1Cl. The molecule has 1 aliphatic heterocycles. The van der Waals surface area contributed by atoms with Crippen LogP contribution in [0, 0.1) is 0 Å². The highest BCUT2D eigenvalue weighted by molar-refractivity contribution is 7.92. The number of nitrogens with zero attached hydrogens (tertiary/aromatic N) is 2. The number of hydrogen-bond acceptors (Lipinski definition) is 4. The maximum Gasteiger partial charge on any atom is 0.255 e. The molecule has 0 atom stereocenters. The Bertz CT molecular complexity index is 1040. The first-order valence-electron chi connectivity index (χ1n) is 9.68. The van der Waals surface area contributed by atoms with E-state index in [4.69, 9.17) is 11.6 Å². The number of hydrogen-bond donors (Lipinski definition) is 1. The van der Waals surface area contributed by atoms with Gasteiger partial charge in [-0.2, -0.15) is 0 Å². The number of amides is 2. The van der Waals surface area contributed by atoms with Gasteiger partial charge < -0.3 is 10.2 Å². The van der Waals surface area contributed by atoms with Crippen molar-refractivity contribution in [3.05, 3.63) is 59.1 Å². The molecular weight excluding hydrogens is 426 g/mol. The van der Waals surface area contributed by atoms with Crippen LogP contribution in [0.1, 0.15) is 29.6 Å². The summed E-state index contributed by atoms with van der Waals surface area (Å²) in [6.45, 7) is 0.916. The molecule has 1 N–H and O–H groups in total. The number of likely N-dealkylation sites (tertiary alicyclic amines) is 1. The molecule has 3 rings (SSSR count). The van der Waals surface area contributed by atoms with Gasteiger partial charge in [-0.15, -0.1) is 0 Å². The molecule has 30 heavy (non-hydrogen) atoms. The molecule has 7 nitrogen and oxygen atoms in total. The van der Waals surface area contributed by atoms with Crippen molar-refractivity contribution in [2.75, 3.05) is 35.5 Å². The van der Waals surface area contributed by atoms with Gasteiger partial charge in [0.2, 0.25) is 15.9 Å². The molecule has 0 bridgehead atoms. The zero-order valence-electron chi connectivity index (χ0n) is 16.7. The molecule has 0 aromatic heterocycles. The standard InChI is InChI=1S/C21H24ClN3O4S/c1-30(28,29)25(19-12-6-4-10-17(19)22)15-20(26)23-18-11-5-3-9-16(18)21(27)24-13-7-2-8-14-24/h3-6,9-12H,2,7-8,13-15H2,1H3,(H,23,26). The van der Waals surface area contributed by atoms with Gasteiger partial charge in [-0.05, 0) is 43.5 Å². The van der Waals surface area contributed by atoms with Crippen molar-refractivity contribution in [3.8, 4) is 0 Å². The van der Waals surface area contributed by atoms with Crippen molar-refractivity contribution in [1.29, 1.82) is 0 Å². The van der Waals surface area contributed by atoms with Gasteiger partial charge in [-0.25, -0.2) is 8.42 Å². The minimum atomic E-state index is -3.76. The largest absolute Gasteiger partial charge is 0.339 e. The van der Waals surface area contributed by atoms with E-state index in [0.717, 1.165) is 29.8 Å². The molecule has 9 heteroatoms. The van der Waals surface area contributed by atoms with Gasteiger partial charge in [-0.3, -0.25) is 13.9 Å². The molecule has 0 radical (unpaired) electrons. The van der Waals surface area contributed by atoms with Gasteiger partial charge in [0.05, 0.1) is 28.2 Å². The second kappa shape index (κ2) is 9.49. The van der Waals surface area contributed by atoms with Crippen molar-refractivity contribution in [1.82, 2.24) is 4.90 Å². The minimum absolute atomic E-state index is 0.142. The normalized spacial score (nSPS) is 14.3. The first kappa shape index (κ1) is 22.1. The van der Waals surface area contributed by atoms with Gasteiger partial charge >= 0.3 is 0 Å². The Morgan fingerprint density at radius 2 is 1.67 bits per heavy atom. The summed E-state index contributed by atoms with van der Waals surface area (Å²) in [6.07, 6.45) is 4.03. The van der Waals surface area contributed by atoms with Gasteiger partial charge in [0, 0.05) is 13.1 Å². The lowest BCUT2D eigenvalue weighted by Gasteiger charge is -2.27. The molecule has 160 valence electrons. The number of piperidine rings is 1. The first-order valence-corrected chi connectivity index (χ1v) is 11.9. The first-order chi connectivity index (χ1) is 14.3. The molecule has 0 saturated carbocycles. The van der Waals surface area contributed by atoms with E-state index < -0.39 is 22.5 Å².